The Morgan fingerprint density at radius 2 is 2.00 bits per heavy atom. The Labute approximate surface area is 163 Å². The summed E-state index contributed by atoms with van der Waals surface area (Å²) in [6.07, 6.45) is 2.07. The van der Waals surface area contributed by atoms with Crippen LogP contribution in [-0.4, -0.2) is 14.6 Å². The fourth-order valence-electron chi connectivity index (χ4n) is 2.93. The predicted octanol–water partition coefficient (Wildman–Crippen LogP) is 4.34. The molecule has 4 rings (SSSR count). The standard InChI is InChI=1S/C20H13BrFN5/c21-18-16(9-13-5-1-2-7-15(13)22)26-27-11-17(25-20(24)19(18)27)14-6-3-4-12(8-14)10-23/h1-8,11H,9H2,(H2,24,25). The van der Waals surface area contributed by atoms with Gasteiger partial charge in [-0.2, -0.15) is 10.4 Å². The monoisotopic (exact) mass is 421 g/mol. The number of anilines is 1. The topological polar surface area (TPSA) is 80.0 Å². The molecule has 0 saturated heterocycles. The Hall–Kier alpha value is -3.24. The number of hydrogen-bond acceptors (Lipinski definition) is 4. The summed E-state index contributed by atoms with van der Waals surface area (Å²) in [6.45, 7) is 0. The van der Waals surface area contributed by atoms with E-state index in [0.29, 0.717) is 44.7 Å². The Bertz CT molecular complexity index is 1210. The van der Waals surface area contributed by atoms with E-state index in [2.05, 4.69) is 32.1 Å². The molecular formula is C20H13BrFN5. The number of nitrogen functional groups attached to an aromatic ring is 1. The summed E-state index contributed by atoms with van der Waals surface area (Å²) >= 11 is 3.52. The van der Waals surface area contributed by atoms with Gasteiger partial charge in [0.1, 0.15) is 11.3 Å². The second-order valence-electron chi connectivity index (χ2n) is 6.03. The van der Waals surface area contributed by atoms with Crippen molar-refractivity contribution < 1.29 is 4.39 Å². The molecule has 7 heteroatoms. The molecule has 2 aromatic heterocycles. The van der Waals surface area contributed by atoms with Crippen LogP contribution in [0.1, 0.15) is 16.8 Å². The van der Waals surface area contributed by atoms with E-state index < -0.39 is 0 Å². The quantitative estimate of drug-likeness (QED) is 0.533. The van der Waals surface area contributed by atoms with Crippen LogP contribution >= 0.6 is 15.9 Å². The van der Waals surface area contributed by atoms with Crippen LogP contribution in [0.15, 0.2) is 59.2 Å². The van der Waals surface area contributed by atoms with E-state index in [4.69, 9.17) is 11.0 Å². The maximum Gasteiger partial charge on any atom is 0.151 e. The normalized spacial score (nSPS) is 10.9. The maximum atomic E-state index is 14.0. The van der Waals surface area contributed by atoms with Crippen LogP contribution in [0.2, 0.25) is 0 Å². The van der Waals surface area contributed by atoms with Gasteiger partial charge in [0.2, 0.25) is 0 Å². The van der Waals surface area contributed by atoms with Gasteiger partial charge in [-0.05, 0) is 39.7 Å². The van der Waals surface area contributed by atoms with Gasteiger partial charge in [0.15, 0.2) is 5.82 Å². The molecule has 0 radical (unpaired) electrons. The molecule has 0 unspecified atom stereocenters. The van der Waals surface area contributed by atoms with Crippen molar-refractivity contribution in [3.8, 4) is 17.3 Å². The number of rotatable bonds is 3. The van der Waals surface area contributed by atoms with Gasteiger partial charge in [0, 0.05) is 12.0 Å². The lowest BCUT2D eigenvalue weighted by atomic mass is 10.1. The third kappa shape index (κ3) is 3.15. The van der Waals surface area contributed by atoms with E-state index >= 15 is 0 Å². The molecule has 0 spiro atoms. The van der Waals surface area contributed by atoms with Crippen molar-refractivity contribution in [1.29, 1.82) is 5.26 Å². The Kier molecular flexibility index (Phi) is 4.34. The van der Waals surface area contributed by atoms with Crippen molar-refractivity contribution in [2.45, 2.75) is 6.42 Å². The van der Waals surface area contributed by atoms with E-state index in [1.807, 2.05) is 6.07 Å². The second kappa shape index (κ2) is 6.82. The van der Waals surface area contributed by atoms with Crippen molar-refractivity contribution >= 4 is 27.3 Å². The zero-order valence-corrected chi connectivity index (χ0v) is 15.6. The number of fused-ring (bicyclic) bond motifs is 1. The van der Waals surface area contributed by atoms with Gasteiger partial charge in [0.25, 0.3) is 0 Å². The van der Waals surface area contributed by atoms with Gasteiger partial charge in [-0.15, -0.1) is 0 Å². The fraction of sp³-hybridized carbons (Fsp3) is 0.0500. The third-order valence-corrected chi connectivity index (χ3v) is 5.08. The van der Waals surface area contributed by atoms with Gasteiger partial charge >= 0.3 is 0 Å². The highest BCUT2D eigenvalue weighted by Crippen LogP contribution is 2.30. The van der Waals surface area contributed by atoms with E-state index in [1.54, 1.807) is 47.1 Å². The van der Waals surface area contributed by atoms with E-state index in [-0.39, 0.29) is 5.82 Å². The van der Waals surface area contributed by atoms with E-state index in [1.165, 1.54) is 6.07 Å². The minimum atomic E-state index is -0.276. The van der Waals surface area contributed by atoms with Gasteiger partial charge in [-0.3, -0.25) is 0 Å². The Morgan fingerprint density at radius 1 is 1.19 bits per heavy atom. The lowest BCUT2D eigenvalue weighted by molar-refractivity contribution is 0.613. The first kappa shape index (κ1) is 17.2. The Morgan fingerprint density at radius 3 is 2.78 bits per heavy atom. The van der Waals surface area contributed by atoms with Crippen molar-refractivity contribution in [2.75, 3.05) is 5.73 Å². The molecule has 4 aromatic rings. The summed E-state index contributed by atoms with van der Waals surface area (Å²) in [7, 11) is 0. The molecule has 2 N–H and O–H groups in total. The highest BCUT2D eigenvalue weighted by Gasteiger charge is 2.17. The average Bonchev–Trinajstić information content (AvgIpc) is 2.99. The molecule has 0 amide bonds. The first-order chi connectivity index (χ1) is 13.1. The summed E-state index contributed by atoms with van der Waals surface area (Å²) in [5, 5.41) is 13.6. The number of benzene rings is 2. The molecule has 0 saturated carbocycles. The highest BCUT2D eigenvalue weighted by atomic mass is 79.9. The Balaban J connectivity index is 1.81. The molecule has 0 aliphatic heterocycles. The predicted molar refractivity (Wildman–Crippen MR) is 104 cm³/mol. The number of nitriles is 1. The molecule has 0 fully saturated rings. The van der Waals surface area contributed by atoms with Crippen LogP contribution in [0.4, 0.5) is 10.2 Å². The van der Waals surface area contributed by atoms with Crippen LogP contribution in [0.3, 0.4) is 0 Å². The molecule has 0 aliphatic rings. The molecule has 132 valence electrons. The largest absolute Gasteiger partial charge is 0.382 e. The van der Waals surface area contributed by atoms with Crippen molar-refractivity contribution in [3.05, 3.63) is 81.8 Å². The summed E-state index contributed by atoms with van der Waals surface area (Å²) < 4.78 is 16.3. The van der Waals surface area contributed by atoms with Crippen molar-refractivity contribution in [2.24, 2.45) is 0 Å². The van der Waals surface area contributed by atoms with Crippen LogP contribution < -0.4 is 5.73 Å². The van der Waals surface area contributed by atoms with Crippen LogP contribution in [-0.2, 0) is 6.42 Å². The zero-order chi connectivity index (χ0) is 19.0. The number of halogens is 2. The van der Waals surface area contributed by atoms with E-state index in [0.717, 1.165) is 5.56 Å². The molecule has 2 heterocycles. The summed E-state index contributed by atoms with van der Waals surface area (Å²) in [4.78, 5) is 4.45. The lowest BCUT2D eigenvalue weighted by Gasteiger charge is -2.05. The fourth-order valence-corrected chi connectivity index (χ4v) is 3.54. The lowest BCUT2D eigenvalue weighted by Crippen LogP contribution is -1.99. The highest BCUT2D eigenvalue weighted by molar-refractivity contribution is 9.10. The van der Waals surface area contributed by atoms with Crippen LogP contribution in [0.5, 0.6) is 0 Å². The number of nitrogens with zero attached hydrogens (tertiary/aromatic N) is 4. The summed E-state index contributed by atoms with van der Waals surface area (Å²) in [5.41, 5.74) is 9.91. The molecule has 0 bridgehead atoms. The first-order valence-corrected chi connectivity index (χ1v) is 8.93. The number of hydrogen-bond donors (Lipinski definition) is 1. The molecule has 27 heavy (non-hydrogen) atoms. The molecule has 0 atom stereocenters. The summed E-state index contributed by atoms with van der Waals surface area (Å²) in [6, 6.07) is 15.8. The van der Waals surface area contributed by atoms with Crippen molar-refractivity contribution in [3.63, 3.8) is 0 Å². The van der Waals surface area contributed by atoms with Gasteiger partial charge in [0.05, 0.1) is 33.7 Å². The van der Waals surface area contributed by atoms with Crippen LogP contribution in [0.25, 0.3) is 16.8 Å². The maximum absolute atomic E-state index is 14.0. The molecule has 5 nitrogen and oxygen atoms in total. The van der Waals surface area contributed by atoms with Crippen molar-refractivity contribution in [1.82, 2.24) is 14.6 Å². The molecule has 2 aromatic carbocycles. The SMILES string of the molecule is N#Cc1cccc(-c2cn3nc(Cc4ccccc4F)c(Br)c3c(N)n2)c1. The summed E-state index contributed by atoms with van der Waals surface area (Å²) in [5.74, 6) is 0.0237. The van der Waals surface area contributed by atoms with Gasteiger partial charge in [-0.1, -0.05) is 30.3 Å². The minimum absolute atomic E-state index is 0.276. The zero-order valence-electron chi connectivity index (χ0n) is 14.0. The first-order valence-electron chi connectivity index (χ1n) is 8.14. The number of nitrogens with two attached hydrogens (primary N) is 1. The number of aromatic nitrogens is 3. The van der Waals surface area contributed by atoms with Gasteiger partial charge in [-0.25, -0.2) is 13.9 Å². The van der Waals surface area contributed by atoms with E-state index in [9.17, 15) is 4.39 Å². The smallest absolute Gasteiger partial charge is 0.151 e. The minimum Gasteiger partial charge on any atom is -0.382 e. The van der Waals surface area contributed by atoms with Crippen LogP contribution in [0, 0.1) is 17.1 Å². The molecule has 0 aliphatic carbocycles. The second-order valence-corrected chi connectivity index (χ2v) is 6.82. The molecular weight excluding hydrogens is 409 g/mol. The third-order valence-electron chi connectivity index (χ3n) is 4.25. The van der Waals surface area contributed by atoms with Gasteiger partial charge < -0.3 is 5.73 Å². The average molecular weight is 422 g/mol.